The third-order valence-corrected chi connectivity index (χ3v) is 3.79. The minimum atomic E-state index is -0.261. The SMILES string of the molecule is CNC(Cc1ccc(C(C)(C)C)cc1)c1ccncc1F. The van der Waals surface area contributed by atoms with Crippen molar-refractivity contribution in [1.29, 1.82) is 0 Å². The van der Waals surface area contributed by atoms with Gasteiger partial charge in [0.2, 0.25) is 0 Å². The lowest BCUT2D eigenvalue weighted by atomic mass is 9.86. The molecule has 1 N–H and O–H groups in total. The molecule has 3 heteroatoms. The van der Waals surface area contributed by atoms with Crippen molar-refractivity contribution < 1.29 is 4.39 Å². The molecule has 112 valence electrons. The molecule has 1 unspecified atom stereocenters. The van der Waals surface area contributed by atoms with Gasteiger partial charge in [-0.3, -0.25) is 4.98 Å². The van der Waals surface area contributed by atoms with Crippen LogP contribution in [0.2, 0.25) is 0 Å². The lowest BCUT2D eigenvalue weighted by molar-refractivity contribution is 0.530. The van der Waals surface area contributed by atoms with Gasteiger partial charge >= 0.3 is 0 Å². The van der Waals surface area contributed by atoms with Gasteiger partial charge in [-0.25, -0.2) is 4.39 Å². The number of likely N-dealkylation sites (N-methyl/N-ethyl adjacent to an activating group) is 1. The third kappa shape index (κ3) is 3.88. The van der Waals surface area contributed by atoms with Crippen LogP contribution in [0, 0.1) is 5.82 Å². The van der Waals surface area contributed by atoms with Gasteiger partial charge in [0.25, 0.3) is 0 Å². The highest BCUT2D eigenvalue weighted by Crippen LogP contribution is 2.24. The van der Waals surface area contributed by atoms with E-state index in [1.165, 1.54) is 17.3 Å². The summed E-state index contributed by atoms with van der Waals surface area (Å²) in [7, 11) is 1.86. The Balaban J connectivity index is 2.18. The highest BCUT2D eigenvalue weighted by Gasteiger charge is 2.16. The van der Waals surface area contributed by atoms with Crippen LogP contribution >= 0.6 is 0 Å². The molecule has 2 nitrogen and oxygen atoms in total. The van der Waals surface area contributed by atoms with Crippen molar-refractivity contribution in [3.63, 3.8) is 0 Å². The number of benzene rings is 1. The standard InChI is InChI=1S/C18H23FN2/c1-18(2,3)14-7-5-13(6-8-14)11-17(20-4)15-9-10-21-12-16(15)19/h5-10,12,17,20H,11H2,1-4H3. The lowest BCUT2D eigenvalue weighted by Crippen LogP contribution is -2.20. The van der Waals surface area contributed by atoms with Crippen LogP contribution in [0.3, 0.4) is 0 Å². The van der Waals surface area contributed by atoms with Gasteiger partial charge in [-0.15, -0.1) is 0 Å². The molecule has 0 spiro atoms. The molecule has 0 aliphatic rings. The molecule has 1 atom stereocenters. The summed E-state index contributed by atoms with van der Waals surface area (Å²) in [6.07, 6.45) is 3.65. The maximum atomic E-state index is 13.8. The van der Waals surface area contributed by atoms with Crippen molar-refractivity contribution in [3.05, 3.63) is 65.2 Å². The summed E-state index contributed by atoms with van der Waals surface area (Å²) < 4.78 is 13.8. The number of halogens is 1. The van der Waals surface area contributed by atoms with Crippen LogP contribution in [0.5, 0.6) is 0 Å². The fourth-order valence-corrected chi connectivity index (χ4v) is 2.41. The second-order valence-corrected chi connectivity index (χ2v) is 6.39. The summed E-state index contributed by atoms with van der Waals surface area (Å²) in [4.78, 5) is 3.80. The third-order valence-electron chi connectivity index (χ3n) is 3.79. The molecule has 1 aromatic carbocycles. The highest BCUT2D eigenvalue weighted by atomic mass is 19.1. The number of hydrogen-bond donors (Lipinski definition) is 1. The van der Waals surface area contributed by atoms with Crippen molar-refractivity contribution >= 4 is 0 Å². The smallest absolute Gasteiger partial charge is 0.146 e. The summed E-state index contributed by atoms with van der Waals surface area (Å²) >= 11 is 0. The summed E-state index contributed by atoms with van der Waals surface area (Å²) in [6.45, 7) is 6.60. The molecule has 0 aliphatic heterocycles. The summed E-state index contributed by atoms with van der Waals surface area (Å²) in [5, 5.41) is 3.18. The average molecular weight is 286 g/mol. The number of pyridine rings is 1. The van der Waals surface area contributed by atoms with E-state index in [1.54, 1.807) is 12.3 Å². The Morgan fingerprint density at radius 2 is 1.81 bits per heavy atom. The zero-order valence-electron chi connectivity index (χ0n) is 13.2. The van der Waals surface area contributed by atoms with E-state index in [0.717, 1.165) is 6.42 Å². The van der Waals surface area contributed by atoms with Crippen LogP contribution < -0.4 is 5.32 Å². The number of nitrogens with zero attached hydrogens (tertiary/aromatic N) is 1. The predicted molar refractivity (Wildman–Crippen MR) is 84.8 cm³/mol. The van der Waals surface area contributed by atoms with Crippen molar-refractivity contribution in [2.24, 2.45) is 0 Å². The van der Waals surface area contributed by atoms with Gasteiger partial charge in [-0.05, 0) is 36.1 Å². The van der Waals surface area contributed by atoms with Gasteiger partial charge in [-0.1, -0.05) is 45.0 Å². The van der Waals surface area contributed by atoms with E-state index in [-0.39, 0.29) is 17.3 Å². The normalized spacial score (nSPS) is 13.2. The van der Waals surface area contributed by atoms with Crippen LogP contribution in [-0.2, 0) is 11.8 Å². The average Bonchev–Trinajstić information content (AvgIpc) is 2.45. The van der Waals surface area contributed by atoms with Gasteiger partial charge in [0, 0.05) is 17.8 Å². The van der Waals surface area contributed by atoms with E-state index in [0.29, 0.717) is 5.56 Å². The molecule has 0 saturated heterocycles. The molecule has 0 bridgehead atoms. The Labute approximate surface area is 126 Å². The summed E-state index contributed by atoms with van der Waals surface area (Å²) in [5.74, 6) is -0.261. The molecule has 0 aliphatic carbocycles. The molecular formula is C18H23FN2. The van der Waals surface area contributed by atoms with Gasteiger partial charge in [-0.2, -0.15) is 0 Å². The topological polar surface area (TPSA) is 24.9 Å². The quantitative estimate of drug-likeness (QED) is 0.918. The van der Waals surface area contributed by atoms with Crippen LogP contribution in [0.25, 0.3) is 0 Å². The fraction of sp³-hybridized carbons (Fsp3) is 0.389. The molecule has 2 aromatic rings. The van der Waals surface area contributed by atoms with Gasteiger partial charge in [0.15, 0.2) is 0 Å². The molecule has 1 heterocycles. The number of hydrogen-bond acceptors (Lipinski definition) is 2. The van der Waals surface area contributed by atoms with E-state index in [2.05, 4.69) is 55.3 Å². The van der Waals surface area contributed by atoms with Crippen LogP contribution in [0.15, 0.2) is 42.7 Å². The Kier molecular flexibility index (Phi) is 4.73. The van der Waals surface area contributed by atoms with Gasteiger partial charge in [0.05, 0.1) is 6.20 Å². The molecular weight excluding hydrogens is 263 g/mol. The lowest BCUT2D eigenvalue weighted by Gasteiger charge is -2.21. The number of rotatable bonds is 4. The van der Waals surface area contributed by atoms with Crippen molar-refractivity contribution in [1.82, 2.24) is 10.3 Å². The molecule has 0 radical (unpaired) electrons. The number of nitrogens with one attached hydrogen (secondary N) is 1. The summed E-state index contributed by atoms with van der Waals surface area (Å²) in [6, 6.07) is 10.3. The Hall–Kier alpha value is -1.74. The first-order chi connectivity index (χ1) is 9.91. The molecule has 0 amide bonds. The first-order valence-corrected chi connectivity index (χ1v) is 7.28. The van der Waals surface area contributed by atoms with Crippen LogP contribution in [0.1, 0.15) is 43.5 Å². The molecule has 21 heavy (non-hydrogen) atoms. The Morgan fingerprint density at radius 1 is 1.14 bits per heavy atom. The molecule has 2 rings (SSSR count). The van der Waals surface area contributed by atoms with E-state index < -0.39 is 0 Å². The zero-order valence-corrected chi connectivity index (χ0v) is 13.2. The Morgan fingerprint density at radius 3 is 2.33 bits per heavy atom. The first-order valence-electron chi connectivity index (χ1n) is 7.28. The van der Waals surface area contributed by atoms with E-state index in [9.17, 15) is 4.39 Å². The fourth-order valence-electron chi connectivity index (χ4n) is 2.41. The van der Waals surface area contributed by atoms with Crippen molar-refractivity contribution in [3.8, 4) is 0 Å². The molecule has 0 fully saturated rings. The minimum Gasteiger partial charge on any atom is -0.313 e. The van der Waals surface area contributed by atoms with Crippen molar-refractivity contribution in [2.75, 3.05) is 7.05 Å². The number of aromatic nitrogens is 1. The largest absolute Gasteiger partial charge is 0.313 e. The van der Waals surface area contributed by atoms with Crippen LogP contribution in [0.4, 0.5) is 4.39 Å². The zero-order chi connectivity index (χ0) is 15.5. The van der Waals surface area contributed by atoms with Gasteiger partial charge in [0.1, 0.15) is 5.82 Å². The summed E-state index contributed by atoms with van der Waals surface area (Å²) in [5.41, 5.74) is 3.31. The van der Waals surface area contributed by atoms with E-state index in [4.69, 9.17) is 0 Å². The second kappa shape index (κ2) is 6.35. The minimum absolute atomic E-state index is 0.0477. The molecule has 0 saturated carbocycles. The first kappa shape index (κ1) is 15.6. The maximum Gasteiger partial charge on any atom is 0.146 e. The predicted octanol–water partition coefficient (Wildman–Crippen LogP) is 4.02. The van der Waals surface area contributed by atoms with E-state index >= 15 is 0 Å². The van der Waals surface area contributed by atoms with Crippen LogP contribution in [-0.4, -0.2) is 12.0 Å². The van der Waals surface area contributed by atoms with E-state index in [1.807, 2.05) is 7.05 Å². The molecule has 1 aromatic heterocycles. The monoisotopic (exact) mass is 286 g/mol. The highest BCUT2D eigenvalue weighted by molar-refractivity contribution is 5.29. The van der Waals surface area contributed by atoms with Crippen molar-refractivity contribution in [2.45, 2.75) is 38.6 Å². The Bertz CT molecular complexity index is 585. The van der Waals surface area contributed by atoms with Gasteiger partial charge < -0.3 is 5.32 Å². The maximum absolute atomic E-state index is 13.8. The second-order valence-electron chi connectivity index (χ2n) is 6.39.